The van der Waals surface area contributed by atoms with Gasteiger partial charge in [0.05, 0.1) is 22.7 Å². The lowest BCUT2D eigenvalue weighted by molar-refractivity contribution is 0.566. The molecule has 0 spiro atoms. The number of benzene rings is 6. The van der Waals surface area contributed by atoms with Crippen LogP contribution in [-0.4, -0.2) is 0 Å². The summed E-state index contributed by atoms with van der Waals surface area (Å²) in [5.41, 5.74) is 9.50. The standard InChI is InChI=1S/C62H52N4O4/c1-61(2,3)45-27-29-47-49(39-45)65(57-37-33-53(69-57)43-23-15-9-16-24-43)59(63(47)55-35-31-51(67-55)41-19-11-7-12-20-41)60-64(56-36-32-52(68-56)42-21-13-8-14-22-42)48-30-28-46(62(4,5)6)40-50(48)66(60)58-38-34-54(70-58)44-25-17-10-18-26-44/h7-40H,1-6H3/b60-59+. The third kappa shape index (κ3) is 7.40. The fourth-order valence-electron chi connectivity index (χ4n) is 9.49. The van der Waals surface area contributed by atoms with E-state index in [0.717, 1.165) is 90.8 Å². The third-order valence-corrected chi connectivity index (χ3v) is 13.2. The summed E-state index contributed by atoms with van der Waals surface area (Å²) in [6.45, 7) is 13.5. The fraction of sp³-hybridized carbons (Fsp3) is 0.129. The van der Waals surface area contributed by atoms with E-state index in [1.165, 1.54) is 0 Å². The van der Waals surface area contributed by atoms with Crippen LogP contribution < -0.4 is 19.6 Å². The molecular formula is C62H52N4O4. The summed E-state index contributed by atoms with van der Waals surface area (Å²) < 4.78 is 28.3. The van der Waals surface area contributed by atoms with Crippen molar-refractivity contribution in [2.24, 2.45) is 0 Å². The lowest BCUT2D eigenvalue weighted by Gasteiger charge is -2.30. The van der Waals surface area contributed by atoms with E-state index in [9.17, 15) is 0 Å². The van der Waals surface area contributed by atoms with Crippen molar-refractivity contribution in [2.75, 3.05) is 19.6 Å². The maximum atomic E-state index is 7.08. The van der Waals surface area contributed by atoms with Gasteiger partial charge in [0.1, 0.15) is 23.0 Å². The molecule has 0 amide bonds. The quantitative estimate of drug-likeness (QED) is 0.149. The third-order valence-electron chi connectivity index (χ3n) is 13.2. The number of anilines is 8. The van der Waals surface area contributed by atoms with E-state index in [4.69, 9.17) is 17.7 Å². The van der Waals surface area contributed by atoms with Crippen LogP contribution in [0.25, 0.3) is 45.3 Å². The molecule has 4 aromatic heterocycles. The van der Waals surface area contributed by atoms with Gasteiger partial charge in [-0.3, -0.25) is 19.6 Å². The number of rotatable bonds is 8. The molecule has 2 aliphatic heterocycles. The van der Waals surface area contributed by atoms with Crippen molar-refractivity contribution >= 4 is 46.3 Å². The molecule has 344 valence electrons. The zero-order valence-electron chi connectivity index (χ0n) is 40.1. The van der Waals surface area contributed by atoms with Crippen LogP contribution in [0.2, 0.25) is 0 Å². The van der Waals surface area contributed by atoms with Crippen LogP contribution in [0.15, 0.2) is 236 Å². The monoisotopic (exact) mass is 916 g/mol. The number of hydrogen-bond acceptors (Lipinski definition) is 8. The lowest BCUT2D eigenvalue weighted by atomic mass is 9.86. The first-order chi connectivity index (χ1) is 34.0. The summed E-state index contributed by atoms with van der Waals surface area (Å²) in [6, 6.07) is 70.8. The minimum absolute atomic E-state index is 0.181. The van der Waals surface area contributed by atoms with E-state index in [2.05, 4.69) is 182 Å². The van der Waals surface area contributed by atoms with E-state index >= 15 is 0 Å². The minimum atomic E-state index is -0.181. The molecule has 0 saturated carbocycles. The average molecular weight is 917 g/mol. The summed E-state index contributed by atoms with van der Waals surface area (Å²) in [7, 11) is 0. The van der Waals surface area contributed by atoms with Gasteiger partial charge in [-0.25, -0.2) is 0 Å². The van der Waals surface area contributed by atoms with Gasteiger partial charge in [0.2, 0.25) is 23.5 Å². The van der Waals surface area contributed by atoms with Crippen LogP contribution in [0.3, 0.4) is 0 Å². The van der Waals surface area contributed by atoms with Crippen LogP contribution in [0.4, 0.5) is 46.3 Å². The average Bonchev–Trinajstić information content (AvgIpc) is 4.25. The molecule has 0 saturated heterocycles. The molecule has 10 aromatic rings. The van der Waals surface area contributed by atoms with Gasteiger partial charge in [-0.1, -0.05) is 175 Å². The Morgan fingerprint density at radius 2 is 0.529 bits per heavy atom. The Morgan fingerprint density at radius 3 is 0.786 bits per heavy atom. The number of hydrogen-bond donors (Lipinski definition) is 0. The minimum Gasteiger partial charge on any atom is -0.440 e. The van der Waals surface area contributed by atoms with Crippen LogP contribution >= 0.6 is 0 Å². The SMILES string of the molecule is CC(C)(C)c1ccc2c(c1)N(c1ccc(-c3ccccc3)o1)/C(=C1\N(c3ccc(-c4ccccc4)o3)c3ccc(C(C)(C)C)cc3N1c1ccc(-c3ccccc3)o1)N2c1ccc(-c2ccccc2)o1. The maximum Gasteiger partial charge on any atom is 0.206 e. The van der Waals surface area contributed by atoms with Gasteiger partial charge in [0.25, 0.3) is 0 Å². The van der Waals surface area contributed by atoms with Gasteiger partial charge in [-0.05, 0) is 70.5 Å². The second kappa shape index (κ2) is 16.6. The first-order valence-electron chi connectivity index (χ1n) is 23.8. The first kappa shape index (κ1) is 42.7. The number of nitrogens with zero attached hydrogens (tertiary/aromatic N) is 4. The number of furan rings is 4. The Kier molecular flexibility index (Phi) is 10.1. The van der Waals surface area contributed by atoms with Crippen LogP contribution in [-0.2, 0) is 10.8 Å². The van der Waals surface area contributed by atoms with Crippen molar-refractivity contribution in [3.63, 3.8) is 0 Å². The van der Waals surface area contributed by atoms with Crippen molar-refractivity contribution in [2.45, 2.75) is 52.4 Å². The molecule has 12 rings (SSSR count). The van der Waals surface area contributed by atoms with Crippen LogP contribution in [0, 0.1) is 0 Å². The van der Waals surface area contributed by atoms with Gasteiger partial charge in [-0.2, -0.15) is 0 Å². The number of fused-ring (bicyclic) bond motifs is 2. The molecule has 0 atom stereocenters. The van der Waals surface area contributed by atoms with E-state index in [1.54, 1.807) is 0 Å². The van der Waals surface area contributed by atoms with Gasteiger partial charge in [0, 0.05) is 46.5 Å². The largest absolute Gasteiger partial charge is 0.440 e. The van der Waals surface area contributed by atoms with Gasteiger partial charge in [-0.15, -0.1) is 0 Å². The molecule has 0 fully saturated rings. The summed E-state index contributed by atoms with van der Waals surface area (Å²) >= 11 is 0. The molecule has 6 aromatic carbocycles. The highest BCUT2D eigenvalue weighted by molar-refractivity contribution is 5.99. The molecule has 8 heteroatoms. The van der Waals surface area contributed by atoms with Crippen LogP contribution in [0.1, 0.15) is 52.7 Å². The molecule has 0 aliphatic carbocycles. The Morgan fingerprint density at radius 1 is 0.271 bits per heavy atom. The molecule has 0 bridgehead atoms. The smallest absolute Gasteiger partial charge is 0.206 e. The highest BCUT2D eigenvalue weighted by atomic mass is 16.4. The molecule has 70 heavy (non-hydrogen) atoms. The molecule has 0 unspecified atom stereocenters. The van der Waals surface area contributed by atoms with Crippen molar-refractivity contribution in [3.05, 3.63) is 229 Å². The van der Waals surface area contributed by atoms with Crippen molar-refractivity contribution in [1.82, 2.24) is 0 Å². The molecule has 0 N–H and O–H groups in total. The summed E-state index contributed by atoms with van der Waals surface area (Å²) in [5.74, 6) is 6.89. The van der Waals surface area contributed by atoms with Crippen LogP contribution in [0.5, 0.6) is 0 Å². The second-order valence-electron chi connectivity index (χ2n) is 19.9. The highest BCUT2D eigenvalue weighted by Crippen LogP contribution is 2.59. The molecular weight excluding hydrogens is 865 g/mol. The summed E-state index contributed by atoms with van der Waals surface area (Å²) in [5, 5.41) is 0. The Balaban J connectivity index is 1.20. The molecule has 8 nitrogen and oxygen atoms in total. The Bertz CT molecular complexity index is 3300. The van der Waals surface area contributed by atoms with E-state index in [-0.39, 0.29) is 10.8 Å². The molecule has 0 radical (unpaired) electrons. The predicted octanol–water partition coefficient (Wildman–Crippen LogP) is 17.7. The van der Waals surface area contributed by atoms with E-state index in [1.807, 2.05) is 84.9 Å². The molecule has 2 aliphatic rings. The summed E-state index contributed by atoms with van der Waals surface area (Å²) in [6.07, 6.45) is 0. The van der Waals surface area contributed by atoms with Crippen molar-refractivity contribution in [3.8, 4) is 45.3 Å². The van der Waals surface area contributed by atoms with Gasteiger partial charge in [0.15, 0.2) is 11.6 Å². The van der Waals surface area contributed by atoms with E-state index in [0.29, 0.717) is 23.5 Å². The normalized spacial score (nSPS) is 14.7. The van der Waals surface area contributed by atoms with Crippen molar-refractivity contribution in [1.29, 1.82) is 0 Å². The Labute approximate surface area is 408 Å². The topological polar surface area (TPSA) is 65.5 Å². The highest BCUT2D eigenvalue weighted by Gasteiger charge is 2.48. The van der Waals surface area contributed by atoms with E-state index < -0.39 is 0 Å². The van der Waals surface area contributed by atoms with Crippen molar-refractivity contribution < 1.29 is 17.7 Å². The van der Waals surface area contributed by atoms with Gasteiger partial charge >= 0.3 is 0 Å². The maximum absolute atomic E-state index is 7.08. The Hall–Kier alpha value is -8.62. The van der Waals surface area contributed by atoms with Gasteiger partial charge < -0.3 is 17.7 Å². The molecule has 6 heterocycles. The lowest BCUT2D eigenvalue weighted by Crippen LogP contribution is -2.33. The zero-order chi connectivity index (χ0) is 47.7. The predicted molar refractivity (Wildman–Crippen MR) is 282 cm³/mol. The zero-order valence-corrected chi connectivity index (χ0v) is 40.1. The summed E-state index contributed by atoms with van der Waals surface area (Å²) in [4.78, 5) is 8.89. The fourth-order valence-corrected chi connectivity index (χ4v) is 9.49. The first-order valence-corrected chi connectivity index (χ1v) is 23.8. The second-order valence-corrected chi connectivity index (χ2v) is 19.9.